The molecule has 2 aromatic heterocycles. The predicted octanol–water partition coefficient (Wildman–Crippen LogP) is 2.08. The van der Waals surface area contributed by atoms with Gasteiger partial charge in [-0.1, -0.05) is 6.07 Å². The molecule has 0 bridgehead atoms. The SMILES string of the molecule is Cc1cc(NS(=O)(=O)c2nccn2C)c2ncccc2c1. The van der Waals surface area contributed by atoms with Crippen molar-refractivity contribution < 1.29 is 8.42 Å². The molecule has 0 saturated carbocycles. The average Bonchev–Trinajstić information content (AvgIpc) is 2.85. The minimum atomic E-state index is -3.75. The van der Waals surface area contributed by atoms with Crippen LogP contribution >= 0.6 is 0 Å². The van der Waals surface area contributed by atoms with E-state index in [0.717, 1.165) is 10.9 Å². The van der Waals surface area contributed by atoms with Gasteiger partial charge in [-0.2, -0.15) is 8.42 Å². The molecule has 6 nitrogen and oxygen atoms in total. The Labute approximate surface area is 122 Å². The lowest BCUT2D eigenvalue weighted by Crippen LogP contribution is -2.17. The smallest absolute Gasteiger partial charge is 0.295 e. The van der Waals surface area contributed by atoms with E-state index in [2.05, 4.69) is 14.7 Å². The molecule has 0 saturated heterocycles. The second-order valence-corrected chi connectivity index (χ2v) is 6.39. The lowest BCUT2D eigenvalue weighted by molar-refractivity contribution is 0.584. The number of pyridine rings is 1. The zero-order chi connectivity index (χ0) is 15.0. The summed E-state index contributed by atoms with van der Waals surface area (Å²) in [5.41, 5.74) is 2.02. The molecule has 0 aliphatic rings. The van der Waals surface area contributed by atoms with Gasteiger partial charge in [0.15, 0.2) is 0 Å². The van der Waals surface area contributed by atoms with Crippen LogP contribution in [-0.4, -0.2) is 23.0 Å². The number of sulfonamides is 1. The number of nitrogens with one attached hydrogen (secondary N) is 1. The summed E-state index contributed by atoms with van der Waals surface area (Å²) in [7, 11) is -2.11. The Morgan fingerprint density at radius 2 is 2.00 bits per heavy atom. The van der Waals surface area contributed by atoms with E-state index in [-0.39, 0.29) is 5.16 Å². The van der Waals surface area contributed by atoms with Gasteiger partial charge in [0.05, 0.1) is 11.2 Å². The Morgan fingerprint density at radius 1 is 1.19 bits per heavy atom. The summed E-state index contributed by atoms with van der Waals surface area (Å²) in [6.07, 6.45) is 4.67. The third-order valence-corrected chi connectivity index (χ3v) is 4.47. The Bertz CT molecular complexity index is 916. The number of hydrogen-bond donors (Lipinski definition) is 1. The van der Waals surface area contributed by atoms with E-state index in [1.54, 1.807) is 25.5 Å². The highest BCUT2D eigenvalue weighted by Crippen LogP contribution is 2.25. The van der Waals surface area contributed by atoms with Crippen LogP contribution in [0.3, 0.4) is 0 Å². The van der Waals surface area contributed by atoms with Gasteiger partial charge in [-0.25, -0.2) is 4.98 Å². The van der Waals surface area contributed by atoms with Crippen LogP contribution in [0.25, 0.3) is 10.9 Å². The van der Waals surface area contributed by atoms with Crippen LogP contribution in [0.5, 0.6) is 0 Å². The second-order valence-electron chi connectivity index (χ2n) is 4.81. The fraction of sp³-hybridized carbons (Fsp3) is 0.143. The zero-order valence-electron chi connectivity index (χ0n) is 11.6. The van der Waals surface area contributed by atoms with Gasteiger partial charge in [0.25, 0.3) is 10.0 Å². The summed E-state index contributed by atoms with van der Waals surface area (Å²) in [5, 5.41) is 0.850. The minimum absolute atomic E-state index is 0.0342. The Morgan fingerprint density at radius 3 is 2.71 bits per heavy atom. The zero-order valence-corrected chi connectivity index (χ0v) is 12.4. The highest BCUT2D eigenvalue weighted by molar-refractivity contribution is 7.92. The molecule has 21 heavy (non-hydrogen) atoms. The number of aryl methyl sites for hydroxylation is 2. The second kappa shape index (κ2) is 4.85. The van der Waals surface area contributed by atoms with E-state index in [0.29, 0.717) is 11.2 Å². The van der Waals surface area contributed by atoms with Crippen LogP contribution < -0.4 is 4.72 Å². The van der Waals surface area contributed by atoms with Crippen molar-refractivity contribution >= 4 is 26.6 Å². The van der Waals surface area contributed by atoms with Crippen molar-refractivity contribution in [2.24, 2.45) is 7.05 Å². The summed E-state index contributed by atoms with van der Waals surface area (Å²) in [6.45, 7) is 1.91. The summed E-state index contributed by atoms with van der Waals surface area (Å²) in [6, 6.07) is 7.43. The number of imidazole rings is 1. The number of nitrogens with zero attached hydrogens (tertiary/aromatic N) is 3. The number of anilines is 1. The first-order chi connectivity index (χ1) is 9.97. The molecule has 0 aliphatic heterocycles. The maximum absolute atomic E-state index is 12.4. The molecule has 0 aliphatic carbocycles. The van der Waals surface area contributed by atoms with Gasteiger partial charge in [-0.05, 0) is 30.7 Å². The monoisotopic (exact) mass is 302 g/mol. The fourth-order valence-corrected chi connectivity index (χ4v) is 3.40. The van der Waals surface area contributed by atoms with E-state index in [1.165, 1.54) is 10.8 Å². The molecular formula is C14H14N4O2S. The first-order valence-corrected chi connectivity index (χ1v) is 7.81. The fourth-order valence-electron chi connectivity index (χ4n) is 2.22. The van der Waals surface area contributed by atoms with Crippen molar-refractivity contribution in [2.45, 2.75) is 12.1 Å². The lowest BCUT2D eigenvalue weighted by Gasteiger charge is -2.11. The number of benzene rings is 1. The molecular weight excluding hydrogens is 288 g/mol. The van der Waals surface area contributed by atoms with Gasteiger partial charge >= 0.3 is 0 Å². The van der Waals surface area contributed by atoms with Crippen molar-refractivity contribution in [3.63, 3.8) is 0 Å². The minimum Gasteiger partial charge on any atom is -0.323 e. The standard InChI is InChI=1S/C14H14N4O2S/c1-10-8-11-4-3-5-15-13(11)12(9-10)17-21(19,20)14-16-6-7-18(14)2/h3-9,17H,1-2H3. The van der Waals surface area contributed by atoms with Crippen LogP contribution in [0.15, 0.2) is 48.0 Å². The molecule has 7 heteroatoms. The molecule has 0 spiro atoms. The third-order valence-electron chi connectivity index (χ3n) is 3.11. The molecule has 0 amide bonds. The van der Waals surface area contributed by atoms with Crippen molar-refractivity contribution in [1.29, 1.82) is 0 Å². The molecule has 0 unspecified atom stereocenters. The Kier molecular flexibility index (Phi) is 3.13. The molecule has 0 fully saturated rings. The first-order valence-electron chi connectivity index (χ1n) is 6.33. The van der Waals surface area contributed by atoms with Crippen LogP contribution in [0.4, 0.5) is 5.69 Å². The van der Waals surface area contributed by atoms with Gasteiger partial charge in [0.1, 0.15) is 0 Å². The summed E-state index contributed by atoms with van der Waals surface area (Å²) in [5.74, 6) is 0. The molecule has 1 aromatic carbocycles. The molecule has 3 aromatic rings. The predicted molar refractivity (Wildman–Crippen MR) is 80.5 cm³/mol. The quantitative estimate of drug-likeness (QED) is 0.803. The van der Waals surface area contributed by atoms with E-state index < -0.39 is 10.0 Å². The van der Waals surface area contributed by atoms with E-state index in [1.807, 2.05) is 25.1 Å². The van der Waals surface area contributed by atoms with E-state index in [9.17, 15) is 8.42 Å². The van der Waals surface area contributed by atoms with Crippen LogP contribution in [-0.2, 0) is 17.1 Å². The van der Waals surface area contributed by atoms with Gasteiger partial charge in [0, 0.05) is 31.0 Å². The topological polar surface area (TPSA) is 76.9 Å². The highest BCUT2D eigenvalue weighted by Gasteiger charge is 2.20. The summed E-state index contributed by atoms with van der Waals surface area (Å²) >= 11 is 0. The van der Waals surface area contributed by atoms with Crippen molar-refractivity contribution in [3.8, 4) is 0 Å². The van der Waals surface area contributed by atoms with Gasteiger partial charge < -0.3 is 4.57 Å². The van der Waals surface area contributed by atoms with Gasteiger partial charge in [-0.3, -0.25) is 9.71 Å². The van der Waals surface area contributed by atoms with E-state index >= 15 is 0 Å². The maximum atomic E-state index is 12.4. The van der Waals surface area contributed by atoms with Crippen molar-refractivity contribution in [2.75, 3.05) is 4.72 Å². The van der Waals surface area contributed by atoms with Crippen molar-refractivity contribution in [1.82, 2.24) is 14.5 Å². The largest absolute Gasteiger partial charge is 0.323 e. The number of fused-ring (bicyclic) bond motifs is 1. The van der Waals surface area contributed by atoms with Crippen LogP contribution in [0.2, 0.25) is 0 Å². The molecule has 0 atom stereocenters. The molecule has 108 valence electrons. The van der Waals surface area contributed by atoms with Crippen molar-refractivity contribution in [3.05, 3.63) is 48.4 Å². The molecule has 1 N–H and O–H groups in total. The number of rotatable bonds is 3. The van der Waals surface area contributed by atoms with Crippen LogP contribution in [0.1, 0.15) is 5.56 Å². The van der Waals surface area contributed by atoms with E-state index in [4.69, 9.17) is 0 Å². The highest BCUT2D eigenvalue weighted by atomic mass is 32.2. The summed E-state index contributed by atoms with van der Waals surface area (Å²) < 4.78 is 28.9. The Hall–Kier alpha value is -2.41. The molecule has 0 radical (unpaired) electrons. The van der Waals surface area contributed by atoms with Gasteiger partial charge in [-0.15, -0.1) is 0 Å². The normalized spacial score (nSPS) is 11.7. The first kappa shape index (κ1) is 13.6. The molecule has 2 heterocycles. The summed E-state index contributed by atoms with van der Waals surface area (Å²) in [4.78, 5) is 8.13. The number of hydrogen-bond acceptors (Lipinski definition) is 4. The lowest BCUT2D eigenvalue weighted by atomic mass is 10.1. The van der Waals surface area contributed by atoms with Gasteiger partial charge in [0.2, 0.25) is 5.16 Å². The molecule has 3 rings (SSSR count). The Balaban J connectivity index is 2.12. The van der Waals surface area contributed by atoms with Crippen LogP contribution in [0, 0.1) is 6.92 Å². The maximum Gasteiger partial charge on any atom is 0.295 e. The third kappa shape index (κ3) is 2.47. The number of aromatic nitrogens is 3. The average molecular weight is 302 g/mol.